The fourth-order valence-corrected chi connectivity index (χ4v) is 4.07. The fourth-order valence-electron chi connectivity index (χ4n) is 4.07. The number of likely N-dealkylation sites (N-methyl/N-ethyl adjacent to an activating group) is 1. The Morgan fingerprint density at radius 3 is 2.78 bits per heavy atom. The summed E-state index contributed by atoms with van der Waals surface area (Å²) in [6.07, 6.45) is 2.25. The summed E-state index contributed by atoms with van der Waals surface area (Å²) in [7, 11) is 0. The Balaban J connectivity index is 1.62. The number of nitrogens with zero attached hydrogens (tertiary/aromatic N) is 2. The third kappa shape index (κ3) is 5.33. The van der Waals surface area contributed by atoms with E-state index in [1.165, 1.54) is 29.8 Å². The van der Waals surface area contributed by atoms with Gasteiger partial charge in [0.05, 0.1) is 0 Å². The van der Waals surface area contributed by atoms with Gasteiger partial charge in [0.25, 0.3) is 0 Å². The van der Waals surface area contributed by atoms with E-state index in [0.29, 0.717) is 6.04 Å². The molecule has 5 nitrogen and oxygen atoms in total. The van der Waals surface area contributed by atoms with Gasteiger partial charge in [-0.1, -0.05) is 45.0 Å². The van der Waals surface area contributed by atoms with Crippen LogP contribution < -0.4 is 10.6 Å². The van der Waals surface area contributed by atoms with Gasteiger partial charge in [-0.25, -0.2) is 0 Å². The summed E-state index contributed by atoms with van der Waals surface area (Å²) in [5.41, 5.74) is 4.00. The highest BCUT2D eigenvalue weighted by Crippen LogP contribution is 2.28. The maximum atomic E-state index is 4.37. The summed E-state index contributed by atoms with van der Waals surface area (Å²) in [6.45, 7) is 14.2. The zero-order valence-electron chi connectivity index (χ0n) is 17.3. The molecule has 1 aliphatic heterocycles. The second kappa shape index (κ2) is 8.89. The molecule has 1 atom stereocenters. The monoisotopic (exact) mass is 369 g/mol. The van der Waals surface area contributed by atoms with Crippen LogP contribution in [0.2, 0.25) is 0 Å². The average Bonchev–Trinajstić information content (AvgIpc) is 3.26. The van der Waals surface area contributed by atoms with Crippen LogP contribution in [0.25, 0.3) is 0 Å². The lowest BCUT2D eigenvalue weighted by Gasteiger charge is -2.24. The number of anilines is 1. The number of benzene rings is 1. The van der Waals surface area contributed by atoms with Gasteiger partial charge in [-0.15, -0.1) is 0 Å². The summed E-state index contributed by atoms with van der Waals surface area (Å²) in [5.74, 6) is 0.929. The smallest absolute Gasteiger partial charge is 0.148 e. The Bertz CT molecular complexity index is 721. The molecule has 3 rings (SSSR count). The number of H-pyrrole nitrogens is 1. The lowest BCUT2D eigenvalue weighted by Crippen LogP contribution is -2.32. The van der Waals surface area contributed by atoms with E-state index < -0.39 is 0 Å². The molecule has 0 saturated carbocycles. The summed E-state index contributed by atoms with van der Waals surface area (Å²) < 4.78 is 0. The number of rotatable bonds is 9. The van der Waals surface area contributed by atoms with Crippen molar-refractivity contribution < 1.29 is 0 Å². The predicted molar refractivity (Wildman–Crippen MR) is 113 cm³/mol. The zero-order chi connectivity index (χ0) is 19.3. The number of aromatic amines is 1. The molecule has 1 fully saturated rings. The van der Waals surface area contributed by atoms with E-state index >= 15 is 0 Å². The van der Waals surface area contributed by atoms with Crippen molar-refractivity contribution in [3.8, 4) is 0 Å². The molecule has 1 aromatic heterocycles. The van der Waals surface area contributed by atoms with Gasteiger partial charge in [0.1, 0.15) is 5.82 Å². The van der Waals surface area contributed by atoms with Crippen LogP contribution in [0.3, 0.4) is 0 Å². The van der Waals surface area contributed by atoms with Crippen LogP contribution in [0.1, 0.15) is 50.9 Å². The van der Waals surface area contributed by atoms with Crippen LogP contribution in [0, 0.1) is 0 Å². The van der Waals surface area contributed by atoms with Crippen LogP contribution >= 0.6 is 0 Å². The highest BCUT2D eigenvalue weighted by molar-refractivity contribution is 5.38. The SMILES string of the molecule is CCNc1cc(C(C)(C)Cc2cccc(CN3CCC(NCC)C3)c2)[nH]n1. The molecule has 148 valence electrons. The maximum Gasteiger partial charge on any atom is 0.148 e. The second-order valence-corrected chi connectivity index (χ2v) is 8.36. The first-order valence-corrected chi connectivity index (χ1v) is 10.3. The van der Waals surface area contributed by atoms with Gasteiger partial charge in [0.15, 0.2) is 0 Å². The Labute approximate surface area is 163 Å². The van der Waals surface area contributed by atoms with Gasteiger partial charge in [0, 0.05) is 49.4 Å². The first-order chi connectivity index (χ1) is 13.0. The van der Waals surface area contributed by atoms with E-state index in [0.717, 1.165) is 38.4 Å². The number of likely N-dealkylation sites (tertiary alicyclic amines) is 1. The molecular formula is C22H35N5. The van der Waals surface area contributed by atoms with E-state index in [1.807, 2.05) is 0 Å². The molecule has 0 aliphatic carbocycles. The summed E-state index contributed by atoms with van der Waals surface area (Å²) in [5, 5.41) is 14.4. The minimum Gasteiger partial charge on any atom is -0.369 e. The van der Waals surface area contributed by atoms with Crippen molar-refractivity contribution in [3.63, 3.8) is 0 Å². The van der Waals surface area contributed by atoms with Crippen molar-refractivity contribution in [2.24, 2.45) is 0 Å². The minimum absolute atomic E-state index is 0.0169. The number of hydrogen-bond donors (Lipinski definition) is 3. The molecule has 0 radical (unpaired) electrons. The van der Waals surface area contributed by atoms with E-state index in [2.05, 4.69) is 83.8 Å². The van der Waals surface area contributed by atoms with E-state index in [-0.39, 0.29) is 5.41 Å². The van der Waals surface area contributed by atoms with Crippen molar-refractivity contribution >= 4 is 5.82 Å². The van der Waals surface area contributed by atoms with Gasteiger partial charge >= 0.3 is 0 Å². The topological polar surface area (TPSA) is 56.0 Å². The standard InChI is InChI=1S/C22H35N5/c1-5-23-19-10-11-27(16-19)15-18-9-7-8-17(12-18)14-22(3,4)20-13-21(24-6-2)26-25-20/h7-9,12-13,19,23H,5-6,10-11,14-16H2,1-4H3,(H2,24,25,26). The molecule has 27 heavy (non-hydrogen) atoms. The van der Waals surface area contributed by atoms with E-state index in [1.54, 1.807) is 0 Å². The number of aromatic nitrogens is 2. The van der Waals surface area contributed by atoms with Crippen LogP contribution in [0.15, 0.2) is 30.3 Å². The first-order valence-electron chi connectivity index (χ1n) is 10.3. The Morgan fingerprint density at radius 2 is 2.00 bits per heavy atom. The molecule has 2 heterocycles. The van der Waals surface area contributed by atoms with E-state index in [4.69, 9.17) is 0 Å². The largest absolute Gasteiger partial charge is 0.369 e. The molecule has 1 saturated heterocycles. The molecule has 1 aliphatic rings. The van der Waals surface area contributed by atoms with Gasteiger partial charge in [-0.05, 0) is 37.4 Å². The fraction of sp³-hybridized carbons (Fsp3) is 0.591. The Hall–Kier alpha value is -1.85. The molecule has 2 aromatic rings. The number of hydrogen-bond acceptors (Lipinski definition) is 4. The Kier molecular flexibility index (Phi) is 6.55. The summed E-state index contributed by atoms with van der Waals surface area (Å²) >= 11 is 0. The van der Waals surface area contributed by atoms with Gasteiger partial charge in [-0.3, -0.25) is 10.00 Å². The van der Waals surface area contributed by atoms with E-state index in [9.17, 15) is 0 Å². The lowest BCUT2D eigenvalue weighted by atomic mass is 9.82. The summed E-state index contributed by atoms with van der Waals surface area (Å²) in [4.78, 5) is 2.56. The van der Waals surface area contributed by atoms with Gasteiger partial charge in [0.2, 0.25) is 0 Å². The van der Waals surface area contributed by atoms with Gasteiger partial charge < -0.3 is 10.6 Å². The average molecular weight is 370 g/mol. The molecule has 0 spiro atoms. The molecule has 5 heteroatoms. The second-order valence-electron chi connectivity index (χ2n) is 8.36. The van der Waals surface area contributed by atoms with Crippen molar-refractivity contribution in [2.45, 2.75) is 58.5 Å². The predicted octanol–water partition coefficient (Wildman–Crippen LogP) is 3.55. The van der Waals surface area contributed by atoms with Crippen molar-refractivity contribution in [2.75, 3.05) is 31.5 Å². The van der Waals surface area contributed by atoms with Crippen LogP contribution in [0.5, 0.6) is 0 Å². The van der Waals surface area contributed by atoms with Crippen LogP contribution in [-0.4, -0.2) is 47.3 Å². The lowest BCUT2D eigenvalue weighted by molar-refractivity contribution is 0.320. The molecule has 1 unspecified atom stereocenters. The van der Waals surface area contributed by atoms with Crippen molar-refractivity contribution in [1.29, 1.82) is 0 Å². The molecule has 0 bridgehead atoms. The highest BCUT2D eigenvalue weighted by atomic mass is 15.2. The van der Waals surface area contributed by atoms with Gasteiger partial charge in [-0.2, -0.15) is 5.10 Å². The molecular weight excluding hydrogens is 334 g/mol. The third-order valence-electron chi connectivity index (χ3n) is 5.47. The van der Waals surface area contributed by atoms with Crippen molar-refractivity contribution in [1.82, 2.24) is 20.4 Å². The first kappa shape index (κ1) is 19.9. The number of nitrogens with one attached hydrogen (secondary N) is 3. The summed E-state index contributed by atoms with van der Waals surface area (Å²) in [6, 6.07) is 11.9. The zero-order valence-corrected chi connectivity index (χ0v) is 17.3. The van der Waals surface area contributed by atoms with Crippen LogP contribution in [0.4, 0.5) is 5.82 Å². The molecule has 1 aromatic carbocycles. The molecule has 0 amide bonds. The third-order valence-corrected chi connectivity index (χ3v) is 5.47. The maximum absolute atomic E-state index is 4.37. The normalized spacial score (nSPS) is 18.1. The van der Waals surface area contributed by atoms with Crippen molar-refractivity contribution in [3.05, 3.63) is 47.2 Å². The minimum atomic E-state index is 0.0169. The Morgan fingerprint density at radius 1 is 1.19 bits per heavy atom. The molecule has 3 N–H and O–H groups in total. The quantitative estimate of drug-likeness (QED) is 0.633. The van der Waals surface area contributed by atoms with Crippen LogP contribution in [-0.2, 0) is 18.4 Å². The highest BCUT2D eigenvalue weighted by Gasteiger charge is 2.25.